The summed E-state index contributed by atoms with van der Waals surface area (Å²) in [6.07, 6.45) is 0. The minimum absolute atomic E-state index is 0.647. The van der Waals surface area contributed by atoms with Crippen LogP contribution >= 0.6 is 0 Å². The lowest BCUT2D eigenvalue weighted by molar-refractivity contribution is -0.159. The fourth-order valence-electron chi connectivity index (χ4n) is 0.729. The van der Waals surface area contributed by atoms with E-state index in [1.165, 1.54) is 5.65 Å². The van der Waals surface area contributed by atoms with Gasteiger partial charge in [0.25, 0.3) is 0 Å². The van der Waals surface area contributed by atoms with Crippen LogP contribution in [0.5, 0.6) is 5.75 Å². The average molecular weight is 246 g/mol. The van der Waals surface area contributed by atoms with E-state index >= 15 is 0 Å². The normalized spacial score (nSPS) is 8.59. The molecular formula is C9H11FN2O5. The summed E-state index contributed by atoms with van der Waals surface area (Å²) in [4.78, 5) is 18.2. The molecule has 0 saturated carbocycles. The summed E-state index contributed by atoms with van der Waals surface area (Å²) < 4.78 is 16.4. The first-order valence-corrected chi connectivity index (χ1v) is 4.23. The number of carbonyl (C=O) groups is 2. The molecule has 0 spiro atoms. The zero-order valence-electron chi connectivity index (χ0n) is 8.81. The molecule has 0 heterocycles. The molecule has 0 radical (unpaired) electrons. The van der Waals surface area contributed by atoms with Gasteiger partial charge in [0.2, 0.25) is 0 Å². The molecule has 7 nitrogen and oxygen atoms in total. The van der Waals surface area contributed by atoms with Crippen LogP contribution in [0.25, 0.3) is 0 Å². The summed E-state index contributed by atoms with van der Waals surface area (Å²) in [5, 5.41) is 14.8. The molecule has 0 aliphatic heterocycles. The van der Waals surface area contributed by atoms with Crippen LogP contribution in [-0.4, -0.2) is 29.3 Å². The number of aliphatic carboxylic acids is 2. The van der Waals surface area contributed by atoms with E-state index in [1.54, 1.807) is 31.4 Å². The van der Waals surface area contributed by atoms with Crippen molar-refractivity contribution < 1.29 is 29.0 Å². The number of anilines is 1. The van der Waals surface area contributed by atoms with E-state index in [1.807, 2.05) is 0 Å². The molecule has 0 unspecified atom stereocenters. The minimum atomic E-state index is -1.82. The molecule has 0 amide bonds. The monoisotopic (exact) mass is 246 g/mol. The molecule has 1 aromatic rings. The van der Waals surface area contributed by atoms with Crippen molar-refractivity contribution in [2.75, 3.05) is 12.5 Å². The van der Waals surface area contributed by atoms with Crippen molar-refractivity contribution in [1.82, 2.24) is 5.65 Å². The third-order valence-corrected chi connectivity index (χ3v) is 1.46. The summed E-state index contributed by atoms with van der Waals surface area (Å²) in [7, 11) is 1.58. The van der Waals surface area contributed by atoms with Gasteiger partial charge in [0, 0.05) is 0 Å². The number of ether oxygens (including phenoxy) is 1. The van der Waals surface area contributed by atoms with Gasteiger partial charge >= 0.3 is 11.9 Å². The number of nitrogens with one attached hydrogen (secondary N) is 2. The molecule has 0 aliphatic rings. The molecule has 0 saturated heterocycles. The highest BCUT2D eigenvalue weighted by Crippen LogP contribution is 2.13. The molecule has 0 bridgehead atoms. The van der Waals surface area contributed by atoms with Crippen molar-refractivity contribution in [3.8, 4) is 5.75 Å². The molecule has 4 N–H and O–H groups in total. The van der Waals surface area contributed by atoms with Gasteiger partial charge in [-0.1, -0.05) is 5.65 Å². The van der Waals surface area contributed by atoms with Gasteiger partial charge in [-0.05, 0) is 24.3 Å². The number of hydrogen-bond donors (Lipinski definition) is 4. The van der Waals surface area contributed by atoms with Crippen molar-refractivity contribution in [3.63, 3.8) is 0 Å². The minimum Gasteiger partial charge on any atom is -0.497 e. The van der Waals surface area contributed by atoms with Crippen LogP contribution in [0.15, 0.2) is 24.3 Å². The molecule has 0 aliphatic carbocycles. The SMILES string of the molecule is COc1ccc(NNF)cc1.O=C(O)C(=O)O. The molecule has 0 fully saturated rings. The lowest BCUT2D eigenvalue weighted by Gasteiger charge is -2.02. The molecule has 0 atom stereocenters. The van der Waals surface area contributed by atoms with Crippen molar-refractivity contribution >= 4 is 17.6 Å². The Morgan fingerprint density at radius 3 is 1.94 bits per heavy atom. The zero-order chi connectivity index (χ0) is 13.3. The van der Waals surface area contributed by atoms with Gasteiger partial charge in [0.05, 0.1) is 12.8 Å². The van der Waals surface area contributed by atoms with Crippen molar-refractivity contribution in [2.24, 2.45) is 0 Å². The maximum Gasteiger partial charge on any atom is 0.414 e. The Bertz CT molecular complexity index is 356. The first kappa shape index (κ1) is 14.7. The molecule has 0 aromatic heterocycles. The van der Waals surface area contributed by atoms with Crippen molar-refractivity contribution in [2.45, 2.75) is 0 Å². The molecule has 17 heavy (non-hydrogen) atoms. The number of rotatable bonds is 3. The second-order valence-corrected chi connectivity index (χ2v) is 2.56. The molecule has 1 aromatic carbocycles. The summed E-state index contributed by atoms with van der Waals surface area (Å²) in [5.41, 5.74) is 4.26. The Labute approximate surface area is 95.7 Å². The van der Waals surface area contributed by atoms with Gasteiger partial charge < -0.3 is 14.9 Å². The Balaban J connectivity index is 0.000000366. The predicted octanol–water partition coefficient (Wildman–Crippen LogP) is 0.652. The van der Waals surface area contributed by atoms with Crippen LogP contribution in [-0.2, 0) is 9.59 Å². The first-order valence-electron chi connectivity index (χ1n) is 4.23. The van der Waals surface area contributed by atoms with Crippen molar-refractivity contribution in [1.29, 1.82) is 0 Å². The number of halogens is 1. The number of hydrogen-bond acceptors (Lipinski definition) is 5. The molecular weight excluding hydrogens is 235 g/mol. The summed E-state index contributed by atoms with van der Waals surface area (Å²) >= 11 is 0. The van der Waals surface area contributed by atoms with Crippen LogP contribution in [0.4, 0.5) is 10.2 Å². The summed E-state index contributed by atoms with van der Waals surface area (Å²) in [6, 6.07) is 6.87. The summed E-state index contributed by atoms with van der Waals surface area (Å²) in [5.74, 6) is -2.90. The number of hydrazine groups is 1. The summed E-state index contributed by atoms with van der Waals surface area (Å²) in [6.45, 7) is 0. The van der Waals surface area contributed by atoms with E-state index < -0.39 is 11.9 Å². The Hall–Kier alpha value is -2.35. The molecule has 1 rings (SSSR count). The van der Waals surface area contributed by atoms with E-state index in [-0.39, 0.29) is 0 Å². The van der Waals surface area contributed by atoms with Gasteiger partial charge in [0.15, 0.2) is 0 Å². The topological polar surface area (TPSA) is 108 Å². The van der Waals surface area contributed by atoms with E-state index in [4.69, 9.17) is 24.5 Å². The third-order valence-electron chi connectivity index (χ3n) is 1.46. The van der Waals surface area contributed by atoms with E-state index in [2.05, 4.69) is 5.43 Å². The number of carboxylic acid groups (broad SMARTS) is 2. The highest BCUT2D eigenvalue weighted by atomic mass is 19.2. The standard InChI is InChI=1S/C7H9FN2O.C2H2O4/c1-11-7-4-2-6(3-5-7)9-10-8;3-1(4)2(5)6/h2-5,9-10H,1H3;(H,3,4)(H,5,6). The number of carboxylic acids is 2. The van der Waals surface area contributed by atoms with Crippen LogP contribution in [0, 0.1) is 0 Å². The number of benzene rings is 1. The Kier molecular flexibility index (Phi) is 6.79. The van der Waals surface area contributed by atoms with Gasteiger partial charge in [0.1, 0.15) is 5.75 Å². The van der Waals surface area contributed by atoms with Crippen LogP contribution in [0.2, 0.25) is 0 Å². The largest absolute Gasteiger partial charge is 0.497 e. The zero-order valence-corrected chi connectivity index (χ0v) is 8.81. The van der Waals surface area contributed by atoms with Gasteiger partial charge in [-0.15, -0.1) is 4.48 Å². The molecule has 94 valence electrons. The second kappa shape index (κ2) is 7.88. The van der Waals surface area contributed by atoms with Gasteiger partial charge in [-0.25, -0.2) is 9.59 Å². The fraction of sp³-hybridized carbons (Fsp3) is 0.111. The quantitative estimate of drug-likeness (QED) is 0.352. The molecule has 8 heteroatoms. The van der Waals surface area contributed by atoms with Crippen LogP contribution in [0.1, 0.15) is 0 Å². The van der Waals surface area contributed by atoms with Gasteiger partial charge in [-0.2, -0.15) is 0 Å². The number of methoxy groups -OCH3 is 1. The smallest absolute Gasteiger partial charge is 0.414 e. The second-order valence-electron chi connectivity index (χ2n) is 2.56. The average Bonchev–Trinajstić information content (AvgIpc) is 2.31. The highest BCUT2D eigenvalue weighted by molar-refractivity contribution is 6.27. The van der Waals surface area contributed by atoms with Gasteiger partial charge in [-0.3, -0.25) is 5.43 Å². The first-order chi connectivity index (χ1) is 8.01. The van der Waals surface area contributed by atoms with Crippen LogP contribution < -0.4 is 15.8 Å². The lowest BCUT2D eigenvalue weighted by Crippen LogP contribution is -2.09. The van der Waals surface area contributed by atoms with Crippen molar-refractivity contribution in [3.05, 3.63) is 24.3 Å². The maximum atomic E-state index is 11.5. The Morgan fingerprint density at radius 1 is 1.18 bits per heavy atom. The predicted molar refractivity (Wildman–Crippen MR) is 56.1 cm³/mol. The van der Waals surface area contributed by atoms with E-state index in [0.717, 1.165) is 5.75 Å². The van der Waals surface area contributed by atoms with E-state index in [0.29, 0.717) is 5.69 Å². The maximum absolute atomic E-state index is 11.5. The fourth-order valence-corrected chi connectivity index (χ4v) is 0.729. The third kappa shape index (κ3) is 6.68. The lowest BCUT2D eigenvalue weighted by atomic mass is 10.3. The van der Waals surface area contributed by atoms with Crippen LogP contribution in [0.3, 0.4) is 0 Å². The van der Waals surface area contributed by atoms with E-state index in [9.17, 15) is 4.48 Å². The Morgan fingerprint density at radius 2 is 1.65 bits per heavy atom. The highest BCUT2D eigenvalue weighted by Gasteiger charge is 2.04.